The zero-order valence-corrected chi connectivity index (χ0v) is 23.5. The number of pyridine rings is 1. The highest BCUT2D eigenvalue weighted by molar-refractivity contribution is 6.03. The Bertz CT molecular complexity index is 1500. The van der Waals surface area contributed by atoms with Gasteiger partial charge in [-0.1, -0.05) is 19.1 Å². The lowest BCUT2D eigenvalue weighted by molar-refractivity contribution is -0.141. The number of piperidine rings is 1. The van der Waals surface area contributed by atoms with E-state index in [9.17, 15) is 28.0 Å². The summed E-state index contributed by atoms with van der Waals surface area (Å²) in [6, 6.07) is 11.5. The number of nitrogens with zero attached hydrogens (tertiary/aromatic N) is 6. The number of halogens is 3. The molecule has 0 bridgehead atoms. The Morgan fingerprint density at radius 1 is 1.02 bits per heavy atom. The van der Waals surface area contributed by atoms with Crippen molar-refractivity contribution < 1.29 is 27.2 Å². The number of benzene rings is 1. The second-order valence-electron chi connectivity index (χ2n) is 10.6. The summed E-state index contributed by atoms with van der Waals surface area (Å²) in [5.74, 6) is -1.10. The van der Waals surface area contributed by atoms with Gasteiger partial charge in [0.1, 0.15) is 11.9 Å². The van der Waals surface area contributed by atoms with Gasteiger partial charge in [0.2, 0.25) is 5.76 Å². The standard InChI is InChI=1S/C29H31F3N8O3/c1-19-6-4-11-40(18-19)28-37-25(29(30,31)32)24(43-28)26(41)35-21-9-10-23(34-17-21)38-12-5-13-39(15-14-38)27(42)36-22-8-3-2-7-20(22)16-33/h2-3,7-10,17,19H,4-6,11-15,18H2,1H3,(H,35,41)(H,36,42). The van der Waals surface area contributed by atoms with E-state index < -0.39 is 23.5 Å². The summed E-state index contributed by atoms with van der Waals surface area (Å²) in [6.45, 7) is 5.01. The first-order valence-electron chi connectivity index (χ1n) is 14.0. The molecule has 0 saturated carbocycles. The Morgan fingerprint density at radius 3 is 2.53 bits per heavy atom. The van der Waals surface area contributed by atoms with E-state index in [-0.39, 0.29) is 23.7 Å². The maximum absolute atomic E-state index is 13.7. The number of hydrogen-bond donors (Lipinski definition) is 2. The number of hydrogen-bond acceptors (Lipinski definition) is 8. The minimum Gasteiger partial charge on any atom is -0.417 e. The molecule has 1 unspecified atom stereocenters. The van der Waals surface area contributed by atoms with Crippen molar-refractivity contribution in [3.05, 3.63) is 59.6 Å². The van der Waals surface area contributed by atoms with Crippen LogP contribution in [-0.2, 0) is 6.18 Å². The van der Waals surface area contributed by atoms with Crippen LogP contribution < -0.4 is 20.4 Å². The van der Waals surface area contributed by atoms with Crippen LogP contribution in [0.25, 0.3) is 0 Å². The highest BCUT2D eigenvalue weighted by Gasteiger charge is 2.42. The molecule has 1 aromatic carbocycles. The number of anilines is 4. The number of rotatable bonds is 5. The summed E-state index contributed by atoms with van der Waals surface area (Å²) in [5.41, 5.74) is -0.352. The fraction of sp³-hybridized carbons (Fsp3) is 0.414. The van der Waals surface area contributed by atoms with Crippen molar-refractivity contribution in [2.75, 3.05) is 59.7 Å². The van der Waals surface area contributed by atoms with Crippen LogP contribution in [-0.4, -0.2) is 66.1 Å². The smallest absolute Gasteiger partial charge is 0.417 e. The lowest BCUT2D eigenvalue weighted by atomic mass is 10.0. The number of alkyl halides is 3. The highest BCUT2D eigenvalue weighted by atomic mass is 19.4. The summed E-state index contributed by atoms with van der Waals surface area (Å²) in [4.78, 5) is 39.0. The predicted octanol–water partition coefficient (Wildman–Crippen LogP) is 5.19. The van der Waals surface area contributed by atoms with Crippen LogP contribution in [0.15, 0.2) is 47.0 Å². The molecule has 0 radical (unpaired) electrons. The second-order valence-corrected chi connectivity index (χ2v) is 10.6. The third-order valence-corrected chi connectivity index (χ3v) is 7.42. The molecule has 3 amide bonds. The zero-order chi connectivity index (χ0) is 30.6. The molecule has 5 rings (SSSR count). The van der Waals surface area contributed by atoms with Gasteiger partial charge in [-0.3, -0.25) is 4.79 Å². The van der Waals surface area contributed by atoms with Crippen molar-refractivity contribution in [3.63, 3.8) is 0 Å². The molecule has 11 nitrogen and oxygen atoms in total. The number of para-hydroxylation sites is 1. The van der Waals surface area contributed by atoms with Crippen molar-refractivity contribution in [2.24, 2.45) is 5.92 Å². The molecule has 2 aromatic heterocycles. The van der Waals surface area contributed by atoms with Gasteiger partial charge < -0.3 is 29.8 Å². The number of aromatic nitrogens is 2. The molecule has 0 spiro atoms. The SMILES string of the molecule is CC1CCCN(c2nc(C(F)(F)F)c(C(=O)Nc3ccc(N4CCCN(C(=O)Nc5ccccc5C#N)CC4)nc3)o2)C1. The van der Waals surface area contributed by atoms with Crippen molar-refractivity contribution >= 4 is 35.1 Å². The molecule has 43 heavy (non-hydrogen) atoms. The van der Waals surface area contributed by atoms with Gasteiger partial charge >= 0.3 is 12.2 Å². The Balaban J connectivity index is 1.21. The van der Waals surface area contributed by atoms with Gasteiger partial charge in [0.15, 0.2) is 5.69 Å². The topological polar surface area (TPSA) is 131 Å². The lowest BCUT2D eigenvalue weighted by Gasteiger charge is -2.29. The molecule has 0 aliphatic carbocycles. The molecule has 2 saturated heterocycles. The van der Waals surface area contributed by atoms with Crippen molar-refractivity contribution in [1.29, 1.82) is 5.26 Å². The molecule has 2 fully saturated rings. The van der Waals surface area contributed by atoms with Crippen LogP contribution in [0.1, 0.15) is 48.0 Å². The molecule has 14 heteroatoms. The maximum Gasteiger partial charge on any atom is 0.437 e. The molecule has 4 heterocycles. The van der Waals surface area contributed by atoms with Crippen LogP contribution in [0.5, 0.6) is 0 Å². The molecular weight excluding hydrogens is 565 g/mol. The second kappa shape index (κ2) is 12.6. The predicted molar refractivity (Wildman–Crippen MR) is 153 cm³/mol. The summed E-state index contributed by atoms with van der Waals surface area (Å²) < 4.78 is 46.6. The third-order valence-electron chi connectivity index (χ3n) is 7.42. The average Bonchev–Trinajstić information content (AvgIpc) is 3.31. The molecule has 1 atom stereocenters. The Labute approximate surface area is 246 Å². The van der Waals surface area contributed by atoms with E-state index in [2.05, 4.69) is 26.7 Å². The first-order valence-corrected chi connectivity index (χ1v) is 14.0. The van der Waals surface area contributed by atoms with Gasteiger partial charge in [-0.15, -0.1) is 0 Å². The van der Waals surface area contributed by atoms with Crippen LogP contribution in [0.4, 0.5) is 41.2 Å². The average molecular weight is 597 g/mol. The van der Waals surface area contributed by atoms with Gasteiger partial charge in [0.25, 0.3) is 11.9 Å². The summed E-state index contributed by atoms with van der Waals surface area (Å²) in [7, 11) is 0. The van der Waals surface area contributed by atoms with E-state index in [1.165, 1.54) is 6.20 Å². The lowest BCUT2D eigenvalue weighted by Crippen LogP contribution is -2.38. The van der Waals surface area contributed by atoms with Gasteiger partial charge in [-0.25, -0.2) is 9.78 Å². The van der Waals surface area contributed by atoms with Crippen molar-refractivity contribution in [1.82, 2.24) is 14.9 Å². The third kappa shape index (κ3) is 6.99. The quantitative estimate of drug-likeness (QED) is 0.412. The number of nitriles is 1. The van der Waals surface area contributed by atoms with E-state index >= 15 is 0 Å². The van der Waals surface area contributed by atoms with Crippen molar-refractivity contribution in [3.8, 4) is 6.07 Å². The van der Waals surface area contributed by atoms with Gasteiger partial charge in [0.05, 0.1) is 23.1 Å². The van der Waals surface area contributed by atoms with Crippen LogP contribution in [0, 0.1) is 17.2 Å². The number of amides is 3. The number of nitrogens with one attached hydrogen (secondary N) is 2. The minimum absolute atomic E-state index is 0.193. The molecule has 226 valence electrons. The Morgan fingerprint density at radius 2 is 1.81 bits per heavy atom. The van der Waals surface area contributed by atoms with E-state index in [4.69, 9.17) is 4.42 Å². The van der Waals surface area contributed by atoms with Gasteiger partial charge in [-0.05, 0) is 49.4 Å². The molecule has 3 aromatic rings. The normalized spacial score (nSPS) is 17.7. The minimum atomic E-state index is -4.87. The number of urea groups is 1. The van der Waals surface area contributed by atoms with Gasteiger partial charge in [0, 0.05) is 39.3 Å². The molecular formula is C29H31F3N8O3. The molecule has 2 N–H and O–H groups in total. The van der Waals surface area contributed by atoms with E-state index in [1.54, 1.807) is 46.2 Å². The number of oxazole rings is 1. The van der Waals surface area contributed by atoms with Crippen LogP contribution in [0.2, 0.25) is 0 Å². The fourth-order valence-corrected chi connectivity index (χ4v) is 5.22. The van der Waals surface area contributed by atoms with Gasteiger partial charge in [-0.2, -0.15) is 23.4 Å². The Kier molecular flexibility index (Phi) is 8.70. The van der Waals surface area contributed by atoms with E-state index in [1.807, 2.05) is 11.8 Å². The van der Waals surface area contributed by atoms with Crippen LogP contribution in [0.3, 0.4) is 0 Å². The fourth-order valence-electron chi connectivity index (χ4n) is 5.22. The Hall–Kier alpha value is -4.80. The monoisotopic (exact) mass is 596 g/mol. The largest absolute Gasteiger partial charge is 0.437 e. The molecule has 2 aliphatic heterocycles. The maximum atomic E-state index is 13.7. The van der Waals surface area contributed by atoms with Crippen molar-refractivity contribution in [2.45, 2.75) is 32.4 Å². The molecule has 2 aliphatic rings. The summed E-state index contributed by atoms with van der Waals surface area (Å²) in [6.07, 6.45) is -1.09. The number of carbonyl (C=O) groups excluding carboxylic acids is 2. The van der Waals surface area contributed by atoms with E-state index in [0.29, 0.717) is 62.8 Å². The highest BCUT2D eigenvalue weighted by Crippen LogP contribution is 2.35. The van der Waals surface area contributed by atoms with E-state index in [0.717, 1.165) is 12.8 Å². The zero-order valence-electron chi connectivity index (χ0n) is 23.5. The number of carbonyl (C=O) groups is 2. The summed E-state index contributed by atoms with van der Waals surface area (Å²) in [5, 5.41) is 14.5. The summed E-state index contributed by atoms with van der Waals surface area (Å²) >= 11 is 0. The first kappa shape index (κ1) is 29.7. The van der Waals surface area contributed by atoms with Crippen LogP contribution >= 0.6 is 0 Å². The first-order chi connectivity index (χ1) is 20.6.